The van der Waals surface area contributed by atoms with Gasteiger partial charge in [-0.15, -0.1) is 0 Å². The maximum absolute atomic E-state index is 2.66. The minimum atomic E-state index is 0.212. The zero-order valence-electron chi connectivity index (χ0n) is 16.1. The van der Waals surface area contributed by atoms with E-state index >= 15 is 0 Å². The Balaban J connectivity index is 1.92. The summed E-state index contributed by atoms with van der Waals surface area (Å²) in [5.74, 6) is 0.427. The molecule has 0 amide bonds. The lowest BCUT2D eigenvalue weighted by atomic mass is 9.88. The van der Waals surface area contributed by atoms with Crippen LogP contribution in [-0.4, -0.2) is 4.57 Å². The number of halogens is 1. The van der Waals surface area contributed by atoms with Crippen LogP contribution in [0.25, 0.3) is 27.5 Å². The normalized spacial score (nSPS) is 16.1. The minimum Gasteiger partial charge on any atom is -0.309 e. The molecule has 136 valence electrons. The number of hydrogen-bond acceptors (Lipinski definition) is 0. The molecule has 0 aliphatic carbocycles. The molecule has 0 saturated heterocycles. The van der Waals surface area contributed by atoms with Gasteiger partial charge in [-0.25, -0.2) is 0 Å². The predicted molar refractivity (Wildman–Crippen MR) is 125 cm³/mol. The van der Waals surface area contributed by atoms with Crippen LogP contribution in [0.4, 0.5) is 0 Å². The summed E-state index contributed by atoms with van der Waals surface area (Å²) in [6, 6.07) is 22.9. The third kappa shape index (κ3) is 2.29. The first-order chi connectivity index (χ1) is 13.1. The Morgan fingerprint density at radius 1 is 0.889 bits per heavy atom. The van der Waals surface area contributed by atoms with Gasteiger partial charge in [0.15, 0.2) is 0 Å². The molecule has 0 radical (unpaired) electrons. The molecule has 0 N–H and O–H groups in total. The fraction of sp³-hybridized carbons (Fsp3) is 0.280. The van der Waals surface area contributed by atoms with Gasteiger partial charge in [-0.1, -0.05) is 85.8 Å². The van der Waals surface area contributed by atoms with E-state index < -0.39 is 0 Å². The van der Waals surface area contributed by atoms with Gasteiger partial charge in [0.25, 0.3) is 0 Å². The van der Waals surface area contributed by atoms with E-state index in [0.29, 0.717) is 5.92 Å². The minimum absolute atomic E-state index is 0.212. The lowest BCUT2D eigenvalue weighted by Crippen LogP contribution is -2.15. The molecule has 2 heteroatoms. The highest BCUT2D eigenvalue weighted by Crippen LogP contribution is 2.46. The van der Waals surface area contributed by atoms with E-state index in [2.05, 4.69) is 109 Å². The first-order valence-corrected chi connectivity index (χ1v) is 11.0. The number of fused-ring (bicyclic) bond motifs is 5. The van der Waals surface area contributed by atoms with Crippen molar-refractivity contribution in [3.63, 3.8) is 0 Å². The summed E-state index contributed by atoms with van der Waals surface area (Å²) >= 11 is 2.66. The molecule has 2 heterocycles. The molecule has 0 bridgehead atoms. The molecular formula is C25H24IN. The molecule has 1 aliphatic heterocycles. The van der Waals surface area contributed by atoms with Crippen LogP contribution in [0.15, 0.2) is 60.7 Å². The van der Waals surface area contributed by atoms with Crippen molar-refractivity contribution in [1.82, 2.24) is 4.57 Å². The van der Waals surface area contributed by atoms with E-state index in [1.807, 2.05) is 0 Å². The average molecular weight is 465 g/mol. The first-order valence-electron chi connectivity index (χ1n) is 9.95. The summed E-state index contributed by atoms with van der Waals surface area (Å²) in [5.41, 5.74) is 8.36. The topological polar surface area (TPSA) is 4.93 Å². The van der Waals surface area contributed by atoms with Gasteiger partial charge in [0.05, 0.1) is 11.0 Å². The lowest BCUT2D eigenvalue weighted by Gasteiger charge is -2.26. The first kappa shape index (κ1) is 17.3. The number of alkyl halides is 1. The summed E-state index contributed by atoms with van der Waals surface area (Å²) < 4.78 is 2.70. The number of rotatable bonds is 3. The van der Waals surface area contributed by atoms with Crippen molar-refractivity contribution in [2.24, 2.45) is 0 Å². The number of benzene rings is 3. The van der Waals surface area contributed by atoms with E-state index in [4.69, 9.17) is 0 Å². The molecule has 1 atom stereocenters. The third-order valence-corrected chi connectivity index (χ3v) is 8.72. The molecule has 3 aromatic carbocycles. The second kappa shape index (κ2) is 6.10. The summed E-state index contributed by atoms with van der Waals surface area (Å²) in [4.78, 5) is 0. The van der Waals surface area contributed by atoms with Gasteiger partial charge in [-0.05, 0) is 47.7 Å². The SMILES string of the molecule is CCC(I)(CC)c1ccc2c(c1)c1cccc3c1n2-c1ccccc1[C@@H]3C. The van der Waals surface area contributed by atoms with Crippen molar-refractivity contribution in [2.75, 3.05) is 0 Å². The van der Waals surface area contributed by atoms with Gasteiger partial charge in [-0.2, -0.15) is 0 Å². The monoisotopic (exact) mass is 465 g/mol. The zero-order chi connectivity index (χ0) is 18.8. The van der Waals surface area contributed by atoms with Gasteiger partial charge >= 0.3 is 0 Å². The molecule has 1 aromatic heterocycles. The van der Waals surface area contributed by atoms with E-state index in [1.54, 1.807) is 0 Å². The second-order valence-corrected chi connectivity index (χ2v) is 9.83. The zero-order valence-corrected chi connectivity index (χ0v) is 18.2. The smallest absolute Gasteiger partial charge is 0.0579 e. The van der Waals surface area contributed by atoms with Gasteiger partial charge in [0, 0.05) is 25.8 Å². The van der Waals surface area contributed by atoms with Crippen LogP contribution in [0.5, 0.6) is 0 Å². The molecule has 0 fully saturated rings. The summed E-state index contributed by atoms with van der Waals surface area (Å²) in [5, 5.41) is 2.77. The van der Waals surface area contributed by atoms with Crippen molar-refractivity contribution in [2.45, 2.75) is 43.0 Å². The second-order valence-electron chi connectivity index (χ2n) is 7.76. The summed E-state index contributed by atoms with van der Waals surface area (Å²) in [6.45, 7) is 6.94. The fourth-order valence-corrected chi connectivity index (χ4v) is 5.19. The van der Waals surface area contributed by atoms with Gasteiger partial charge in [0.1, 0.15) is 0 Å². The van der Waals surface area contributed by atoms with Gasteiger partial charge in [-0.3, -0.25) is 0 Å². The highest BCUT2D eigenvalue weighted by atomic mass is 127. The Hall–Kier alpha value is -1.81. The Morgan fingerprint density at radius 3 is 2.41 bits per heavy atom. The summed E-state index contributed by atoms with van der Waals surface area (Å²) in [7, 11) is 0. The molecule has 5 rings (SSSR count). The molecule has 0 unspecified atom stereocenters. The van der Waals surface area contributed by atoms with Crippen LogP contribution in [0.3, 0.4) is 0 Å². The van der Waals surface area contributed by atoms with Crippen LogP contribution in [0, 0.1) is 0 Å². The molecule has 1 nitrogen and oxygen atoms in total. The molecule has 0 saturated carbocycles. The van der Waals surface area contributed by atoms with Crippen LogP contribution >= 0.6 is 22.6 Å². The largest absolute Gasteiger partial charge is 0.309 e. The maximum Gasteiger partial charge on any atom is 0.0579 e. The average Bonchev–Trinajstić information content (AvgIpc) is 3.06. The van der Waals surface area contributed by atoms with Crippen molar-refractivity contribution in [1.29, 1.82) is 0 Å². The molecule has 27 heavy (non-hydrogen) atoms. The van der Waals surface area contributed by atoms with Crippen LogP contribution in [-0.2, 0) is 3.42 Å². The van der Waals surface area contributed by atoms with Crippen molar-refractivity contribution < 1.29 is 0 Å². The predicted octanol–water partition coefficient (Wildman–Crippen LogP) is 7.70. The molecular weight excluding hydrogens is 441 g/mol. The standard InChI is InChI=1S/C25H24IN/c1-4-25(26,5-2)17-13-14-23-21(15-17)20-11-8-10-19-16(3)18-9-6-7-12-22(18)27(23)24(19)20/h6-16H,4-5H2,1-3H3/t16-/m0/s1. The van der Waals surface area contributed by atoms with Crippen LogP contribution < -0.4 is 0 Å². The number of aromatic nitrogens is 1. The van der Waals surface area contributed by atoms with Crippen molar-refractivity contribution in [3.8, 4) is 5.69 Å². The highest BCUT2D eigenvalue weighted by Gasteiger charge is 2.29. The molecule has 0 spiro atoms. The Morgan fingerprint density at radius 2 is 1.63 bits per heavy atom. The van der Waals surface area contributed by atoms with E-state index in [-0.39, 0.29) is 3.42 Å². The summed E-state index contributed by atoms with van der Waals surface area (Å²) in [6.07, 6.45) is 2.30. The Kier molecular flexibility index (Phi) is 3.91. The van der Waals surface area contributed by atoms with E-state index in [0.717, 1.165) is 12.8 Å². The molecule has 1 aliphatic rings. The number of hydrogen-bond donors (Lipinski definition) is 0. The van der Waals surface area contributed by atoms with Gasteiger partial charge in [0.2, 0.25) is 0 Å². The van der Waals surface area contributed by atoms with Crippen molar-refractivity contribution >= 4 is 44.4 Å². The maximum atomic E-state index is 2.66. The number of nitrogens with zero attached hydrogens (tertiary/aromatic N) is 1. The van der Waals surface area contributed by atoms with Crippen LogP contribution in [0.2, 0.25) is 0 Å². The quantitative estimate of drug-likeness (QED) is 0.216. The number of para-hydroxylation sites is 2. The molecule has 4 aromatic rings. The third-order valence-electron chi connectivity index (χ3n) is 6.57. The highest BCUT2D eigenvalue weighted by molar-refractivity contribution is 14.1. The van der Waals surface area contributed by atoms with E-state index in [9.17, 15) is 0 Å². The Bertz CT molecular complexity index is 1180. The van der Waals surface area contributed by atoms with E-state index in [1.165, 1.54) is 44.2 Å². The van der Waals surface area contributed by atoms with Crippen LogP contribution in [0.1, 0.15) is 56.2 Å². The van der Waals surface area contributed by atoms with Crippen molar-refractivity contribution in [3.05, 3.63) is 77.4 Å². The Labute approximate surface area is 174 Å². The van der Waals surface area contributed by atoms with Gasteiger partial charge < -0.3 is 4.57 Å². The fourth-order valence-electron chi connectivity index (χ4n) is 4.86. The lowest BCUT2D eigenvalue weighted by molar-refractivity contribution is 0.612.